The fraction of sp³-hybridized carbons (Fsp3) is 0.727. The highest BCUT2D eigenvalue weighted by atomic mass is 32.2. The Morgan fingerprint density at radius 2 is 2.11 bits per heavy atom. The Bertz CT molecular complexity index is 439. The molecule has 2 unspecified atom stereocenters. The lowest BCUT2D eigenvalue weighted by Crippen LogP contribution is -2.20. The van der Waals surface area contributed by atoms with E-state index in [2.05, 4.69) is 15.1 Å². The molecule has 2 aliphatic rings. The zero-order valence-corrected chi connectivity index (χ0v) is 11.5. The van der Waals surface area contributed by atoms with Crippen LogP contribution in [-0.2, 0) is 4.79 Å². The van der Waals surface area contributed by atoms with E-state index >= 15 is 0 Å². The number of rotatable bonds is 4. The van der Waals surface area contributed by atoms with Gasteiger partial charge >= 0.3 is 5.97 Å². The Labute approximate surface area is 114 Å². The van der Waals surface area contributed by atoms with Crippen LogP contribution in [0.2, 0.25) is 0 Å². The van der Waals surface area contributed by atoms with Crippen LogP contribution >= 0.6 is 23.1 Å². The number of hydrogen-bond acceptors (Lipinski definition) is 6. The second-order valence-electron chi connectivity index (χ2n) is 4.89. The first-order chi connectivity index (χ1) is 8.72. The van der Waals surface area contributed by atoms with Gasteiger partial charge in [-0.3, -0.25) is 4.79 Å². The molecule has 0 radical (unpaired) electrons. The molecule has 2 heterocycles. The number of anilines is 1. The molecule has 1 saturated carbocycles. The molecule has 0 spiro atoms. The number of aromatic nitrogens is 2. The number of hydrogen-bond donors (Lipinski definition) is 1. The van der Waals surface area contributed by atoms with Crippen LogP contribution in [0.1, 0.15) is 19.3 Å². The highest BCUT2D eigenvalue weighted by Crippen LogP contribution is 2.40. The Morgan fingerprint density at radius 3 is 2.78 bits per heavy atom. The molecule has 3 rings (SSSR count). The van der Waals surface area contributed by atoms with E-state index in [-0.39, 0.29) is 5.75 Å². The second kappa shape index (κ2) is 5.05. The van der Waals surface area contributed by atoms with Gasteiger partial charge in [-0.05, 0) is 24.7 Å². The van der Waals surface area contributed by atoms with Crippen molar-refractivity contribution in [2.45, 2.75) is 23.6 Å². The van der Waals surface area contributed by atoms with Crippen LogP contribution in [0.15, 0.2) is 4.34 Å². The molecule has 0 amide bonds. The average Bonchev–Trinajstić information content (AvgIpc) is 3.00. The largest absolute Gasteiger partial charge is 0.481 e. The molecule has 7 heteroatoms. The van der Waals surface area contributed by atoms with Crippen LogP contribution in [0.5, 0.6) is 0 Å². The van der Waals surface area contributed by atoms with Crippen molar-refractivity contribution in [3.63, 3.8) is 0 Å². The molecule has 2 fully saturated rings. The van der Waals surface area contributed by atoms with Crippen molar-refractivity contribution in [1.29, 1.82) is 0 Å². The van der Waals surface area contributed by atoms with Crippen LogP contribution < -0.4 is 4.90 Å². The molecule has 0 bridgehead atoms. The highest BCUT2D eigenvalue weighted by Gasteiger charge is 2.37. The molecule has 1 aromatic heterocycles. The van der Waals surface area contributed by atoms with Gasteiger partial charge in [0.1, 0.15) is 0 Å². The summed E-state index contributed by atoms with van der Waals surface area (Å²) < 4.78 is 0.754. The van der Waals surface area contributed by atoms with Crippen molar-refractivity contribution >= 4 is 34.2 Å². The summed E-state index contributed by atoms with van der Waals surface area (Å²) in [5, 5.41) is 17.8. The summed E-state index contributed by atoms with van der Waals surface area (Å²) in [7, 11) is 0. The molecule has 2 atom stereocenters. The topological polar surface area (TPSA) is 66.3 Å². The fourth-order valence-electron chi connectivity index (χ4n) is 2.90. The Kier molecular flexibility index (Phi) is 3.43. The summed E-state index contributed by atoms with van der Waals surface area (Å²) in [5.41, 5.74) is 0. The van der Waals surface area contributed by atoms with Crippen molar-refractivity contribution in [1.82, 2.24) is 10.2 Å². The SMILES string of the molecule is O=C(O)CSc1nnc(N2CC3CCCC3C2)s1. The van der Waals surface area contributed by atoms with Crippen molar-refractivity contribution in [2.75, 3.05) is 23.7 Å². The van der Waals surface area contributed by atoms with E-state index in [0.29, 0.717) is 0 Å². The van der Waals surface area contributed by atoms with Gasteiger partial charge in [-0.25, -0.2) is 0 Å². The number of aliphatic carboxylic acids is 1. The maximum Gasteiger partial charge on any atom is 0.313 e. The highest BCUT2D eigenvalue weighted by molar-refractivity contribution is 8.01. The quantitative estimate of drug-likeness (QED) is 0.853. The first kappa shape index (κ1) is 12.2. The predicted molar refractivity (Wildman–Crippen MR) is 71.3 cm³/mol. The van der Waals surface area contributed by atoms with Gasteiger partial charge in [-0.1, -0.05) is 29.5 Å². The molecule has 1 aliphatic heterocycles. The van der Waals surface area contributed by atoms with Gasteiger partial charge in [0, 0.05) is 13.1 Å². The summed E-state index contributed by atoms with van der Waals surface area (Å²) in [4.78, 5) is 12.8. The second-order valence-corrected chi connectivity index (χ2v) is 7.07. The maximum absolute atomic E-state index is 10.5. The third-order valence-electron chi connectivity index (χ3n) is 3.71. The van der Waals surface area contributed by atoms with E-state index in [1.165, 1.54) is 42.4 Å². The van der Waals surface area contributed by atoms with Gasteiger partial charge in [0.05, 0.1) is 5.75 Å². The third kappa shape index (κ3) is 2.47. The molecule has 1 aromatic rings. The number of fused-ring (bicyclic) bond motifs is 1. The number of carboxylic acids is 1. The van der Waals surface area contributed by atoms with Crippen molar-refractivity contribution in [3.8, 4) is 0 Å². The minimum atomic E-state index is -0.813. The molecule has 1 saturated heterocycles. The van der Waals surface area contributed by atoms with Gasteiger partial charge in [0.15, 0.2) is 4.34 Å². The first-order valence-corrected chi connectivity index (χ1v) is 7.95. The van der Waals surface area contributed by atoms with Gasteiger partial charge in [0.2, 0.25) is 5.13 Å². The first-order valence-electron chi connectivity index (χ1n) is 6.15. The molecular formula is C11H15N3O2S2. The van der Waals surface area contributed by atoms with Gasteiger partial charge in [0.25, 0.3) is 0 Å². The summed E-state index contributed by atoms with van der Waals surface area (Å²) in [5.74, 6) is 0.917. The minimum Gasteiger partial charge on any atom is -0.481 e. The van der Waals surface area contributed by atoms with E-state index in [0.717, 1.165) is 34.4 Å². The molecule has 98 valence electrons. The third-order valence-corrected chi connectivity index (χ3v) is 5.81. The molecule has 1 N–H and O–H groups in total. The summed E-state index contributed by atoms with van der Waals surface area (Å²) >= 11 is 2.76. The standard InChI is InChI=1S/C11H15N3O2S2/c15-9(16)6-17-11-13-12-10(18-11)14-4-7-2-1-3-8(7)5-14/h7-8H,1-6H2,(H,15,16). The molecule has 1 aliphatic carbocycles. The van der Waals surface area contributed by atoms with Crippen LogP contribution in [0.3, 0.4) is 0 Å². The number of nitrogens with zero attached hydrogens (tertiary/aromatic N) is 3. The monoisotopic (exact) mass is 285 g/mol. The Balaban J connectivity index is 1.61. The number of carboxylic acid groups (broad SMARTS) is 1. The number of thioether (sulfide) groups is 1. The van der Waals surface area contributed by atoms with E-state index < -0.39 is 5.97 Å². The molecule has 0 aromatic carbocycles. The van der Waals surface area contributed by atoms with Crippen LogP contribution in [-0.4, -0.2) is 40.1 Å². The van der Waals surface area contributed by atoms with E-state index in [9.17, 15) is 4.79 Å². The zero-order chi connectivity index (χ0) is 12.5. The van der Waals surface area contributed by atoms with Crippen molar-refractivity contribution in [2.24, 2.45) is 11.8 Å². The minimum absolute atomic E-state index is 0.0554. The van der Waals surface area contributed by atoms with Gasteiger partial charge in [-0.2, -0.15) is 0 Å². The lowest BCUT2D eigenvalue weighted by atomic mass is 10.0. The van der Waals surface area contributed by atoms with Crippen molar-refractivity contribution in [3.05, 3.63) is 0 Å². The number of carbonyl (C=O) groups is 1. The lowest BCUT2D eigenvalue weighted by Gasteiger charge is -2.14. The normalized spacial score (nSPS) is 26.6. The summed E-state index contributed by atoms with van der Waals surface area (Å²) in [6, 6.07) is 0. The summed E-state index contributed by atoms with van der Waals surface area (Å²) in [6.45, 7) is 2.20. The Morgan fingerprint density at radius 1 is 1.39 bits per heavy atom. The Hall–Kier alpha value is -0.820. The van der Waals surface area contributed by atoms with E-state index in [4.69, 9.17) is 5.11 Å². The van der Waals surface area contributed by atoms with E-state index in [1.54, 1.807) is 0 Å². The fourth-order valence-corrected chi connectivity index (χ4v) is 4.48. The molecule has 5 nitrogen and oxygen atoms in total. The lowest BCUT2D eigenvalue weighted by molar-refractivity contribution is -0.133. The summed E-state index contributed by atoms with van der Waals surface area (Å²) in [6.07, 6.45) is 4.07. The smallest absolute Gasteiger partial charge is 0.313 e. The van der Waals surface area contributed by atoms with Gasteiger partial charge < -0.3 is 10.0 Å². The van der Waals surface area contributed by atoms with Gasteiger partial charge in [-0.15, -0.1) is 10.2 Å². The maximum atomic E-state index is 10.5. The molecular weight excluding hydrogens is 270 g/mol. The van der Waals surface area contributed by atoms with E-state index in [1.807, 2.05) is 0 Å². The van der Waals surface area contributed by atoms with Crippen LogP contribution in [0.4, 0.5) is 5.13 Å². The average molecular weight is 285 g/mol. The zero-order valence-electron chi connectivity index (χ0n) is 9.91. The van der Waals surface area contributed by atoms with Crippen LogP contribution in [0.25, 0.3) is 0 Å². The molecule has 18 heavy (non-hydrogen) atoms. The van der Waals surface area contributed by atoms with Crippen molar-refractivity contribution < 1.29 is 9.90 Å². The predicted octanol–water partition coefficient (Wildman–Crippen LogP) is 1.95. The van der Waals surface area contributed by atoms with Crippen LogP contribution in [0, 0.1) is 11.8 Å².